The van der Waals surface area contributed by atoms with Gasteiger partial charge in [0.05, 0.1) is 32.1 Å². The zero-order chi connectivity index (χ0) is 26.3. The number of amides is 1. The number of hydrazone groups is 1. The molecule has 0 radical (unpaired) electrons. The van der Waals surface area contributed by atoms with E-state index in [-0.39, 0.29) is 21.4 Å². The van der Waals surface area contributed by atoms with E-state index in [2.05, 4.69) is 10.5 Å². The van der Waals surface area contributed by atoms with Gasteiger partial charge in [0, 0.05) is 5.56 Å². The second-order valence-corrected chi connectivity index (χ2v) is 9.34. The molecule has 3 aromatic carbocycles. The Morgan fingerprint density at radius 3 is 2.33 bits per heavy atom. The molecule has 0 aromatic heterocycles. The number of halogens is 1. The summed E-state index contributed by atoms with van der Waals surface area (Å²) >= 11 is 6.30. The SMILES string of the molecule is CCOc1cc(C(=O)N/N=C/c2cc(Cl)c(OS(=O)(=O)c3ccc(C)cc3)c(OC)c2)ccc1OC. The van der Waals surface area contributed by atoms with E-state index in [0.29, 0.717) is 29.2 Å². The van der Waals surface area contributed by atoms with Gasteiger partial charge < -0.3 is 18.4 Å². The number of aryl methyl sites for hydroxylation is 1. The average molecular weight is 533 g/mol. The fourth-order valence-electron chi connectivity index (χ4n) is 3.07. The molecular formula is C25H25ClN2O7S. The molecule has 0 atom stereocenters. The van der Waals surface area contributed by atoms with E-state index in [9.17, 15) is 13.2 Å². The molecule has 0 heterocycles. The summed E-state index contributed by atoms with van der Waals surface area (Å²) in [5.74, 6) is 0.372. The monoisotopic (exact) mass is 532 g/mol. The Labute approximate surface area is 214 Å². The lowest BCUT2D eigenvalue weighted by atomic mass is 10.2. The topological polar surface area (TPSA) is 113 Å². The molecule has 36 heavy (non-hydrogen) atoms. The van der Waals surface area contributed by atoms with Gasteiger partial charge in [-0.25, -0.2) is 5.43 Å². The van der Waals surface area contributed by atoms with Crippen LogP contribution in [0.2, 0.25) is 5.02 Å². The molecule has 190 valence electrons. The van der Waals surface area contributed by atoms with Gasteiger partial charge >= 0.3 is 10.1 Å². The summed E-state index contributed by atoms with van der Waals surface area (Å²) in [7, 11) is -1.29. The first-order valence-electron chi connectivity index (χ1n) is 10.7. The van der Waals surface area contributed by atoms with Crippen molar-refractivity contribution in [3.63, 3.8) is 0 Å². The molecule has 3 aromatic rings. The van der Waals surface area contributed by atoms with E-state index in [1.165, 1.54) is 44.7 Å². The smallest absolute Gasteiger partial charge is 0.339 e. The summed E-state index contributed by atoms with van der Waals surface area (Å²) in [6, 6.07) is 13.9. The molecule has 3 rings (SSSR count). The Hall–Kier alpha value is -3.76. The molecule has 1 N–H and O–H groups in total. The van der Waals surface area contributed by atoms with Crippen LogP contribution in [0.1, 0.15) is 28.4 Å². The number of benzene rings is 3. The molecule has 9 nitrogen and oxygen atoms in total. The predicted octanol–water partition coefficient (Wildman–Crippen LogP) is 4.60. The number of carbonyl (C=O) groups excluding carboxylic acids is 1. The van der Waals surface area contributed by atoms with E-state index in [0.717, 1.165) is 5.56 Å². The fourth-order valence-corrected chi connectivity index (χ4v) is 4.33. The van der Waals surface area contributed by atoms with Crippen molar-refractivity contribution in [2.45, 2.75) is 18.7 Å². The van der Waals surface area contributed by atoms with Crippen LogP contribution in [0.4, 0.5) is 0 Å². The highest BCUT2D eigenvalue weighted by molar-refractivity contribution is 7.87. The number of ether oxygens (including phenoxy) is 3. The fraction of sp³-hybridized carbons (Fsp3) is 0.200. The van der Waals surface area contributed by atoms with Crippen molar-refractivity contribution in [2.75, 3.05) is 20.8 Å². The molecule has 0 aliphatic carbocycles. The third-order valence-corrected chi connectivity index (χ3v) is 6.38. The van der Waals surface area contributed by atoms with Crippen LogP contribution in [-0.2, 0) is 10.1 Å². The van der Waals surface area contributed by atoms with Gasteiger partial charge in [-0.2, -0.15) is 13.5 Å². The number of nitrogens with one attached hydrogen (secondary N) is 1. The minimum Gasteiger partial charge on any atom is -0.493 e. The van der Waals surface area contributed by atoms with E-state index in [1.807, 2.05) is 13.8 Å². The molecule has 0 fully saturated rings. The third-order valence-electron chi connectivity index (χ3n) is 4.86. The molecule has 0 aliphatic rings. The quantitative estimate of drug-likeness (QED) is 0.231. The molecule has 0 aliphatic heterocycles. The molecule has 1 amide bonds. The number of methoxy groups -OCH3 is 2. The van der Waals surface area contributed by atoms with Gasteiger partial charge in [-0.3, -0.25) is 4.79 Å². The first kappa shape index (κ1) is 26.8. The lowest BCUT2D eigenvalue weighted by Crippen LogP contribution is -2.17. The summed E-state index contributed by atoms with van der Waals surface area (Å²) < 4.78 is 46.6. The highest BCUT2D eigenvalue weighted by atomic mass is 35.5. The third kappa shape index (κ3) is 6.46. The van der Waals surface area contributed by atoms with Crippen molar-refractivity contribution in [3.8, 4) is 23.0 Å². The maximum absolute atomic E-state index is 12.7. The van der Waals surface area contributed by atoms with Gasteiger partial charge in [0.1, 0.15) is 4.90 Å². The zero-order valence-corrected chi connectivity index (χ0v) is 21.6. The van der Waals surface area contributed by atoms with Gasteiger partial charge in [-0.15, -0.1) is 0 Å². The summed E-state index contributed by atoms with van der Waals surface area (Å²) in [5, 5.41) is 3.92. The van der Waals surface area contributed by atoms with E-state index in [1.54, 1.807) is 30.3 Å². The van der Waals surface area contributed by atoms with E-state index in [4.69, 9.17) is 30.0 Å². The van der Waals surface area contributed by atoms with Gasteiger partial charge in [0.25, 0.3) is 5.91 Å². The van der Waals surface area contributed by atoms with Crippen LogP contribution in [0.3, 0.4) is 0 Å². The Kier molecular flexibility index (Phi) is 8.78. The first-order valence-corrected chi connectivity index (χ1v) is 12.5. The zero-order valence-electron chi connectivity index (χ0n) is 20.1. The minimum atomic E-state index is -4.14. The van der Waals surface area contributed by atoms with Crippen LogP contribution in [0.15, 0.2) is 64.6 Å². The first-order chi connectivity index (χ1) is 17.2. The van der Waals surface area contributed by atoms with E-state index >= 15 is 0 Å². The second-order valence-electron chi connectivity index (χ2n) is 7.38. The largest absolute Gasteiger partial charge is 0.493 e. The number of hydrogen-bond acceptors (Lipinski definition) is 8. The average Bonchev–Trinajstić information content (AvgIpc) is 2.85. The van der Waals surface area contributed by atoms with Crippen molar-refractivity contribution >= 4 is 33.8 Å². The molecule has 11 heteroatoms. The van der Waals surface area contributed by atoms with Gasteiger partial charge in [0.2, 0.25) is 5.75 Å². The van der Waals surface area contributed by atoms with Crippen molar-refractivity contribution in [1.29, 1.82) is 0 Å². The van der Waals surface area contributed by atoms with Gasteiger partial charge in [-0.05, 0) is 61.9 Å². The van der Waals surface area contributed by atoms with Crippen LogP contribution in [0, 0.1) is 6.92 Å². The van der Waals surface area contributed by atoms with Crippen LogP contribution in [0.5, 0.6) is 23.0 Å². The predicted molar refractivity (Wildman–Crippen MR) is 136 cm³/mol. The van der Waals surface area contributed by atoms with Crippen molar-refractivity contribution in [1.82, 2.24) is 5.43 Å². The molecular weight excluding hydrogens is 508 g/mol. The minimum absolute atomic E-state index is 0.0191. The summed E-state index contributed by atoms with van der Waals surface area (Å²) in [5.41, 5.74) is 4.07. The number of carbonyl (C=O) groups is 1. The highest BCUT2D eigenvalue weighted by Gasteiger charge is 2.22. The van der Waals surface area contributed by atoms with Crippen LogP contribution in [0.25, 0.3) is 0 Å². The van der Waals surface area contributed by atoms with Crippen molar-refractivity contribution in [3.05, 3.63) is 76.3 Å². The number of nitrogens with zero attached hydrogens (tertiary/aromatic N) is 1. The molecule has 0 saturated heterocycles. The highest BCUT2D eigenvalue weighted by Crippen LogP contribution is 2.38. The maximum atomic E-state index is 12.7. The molecule has 0 spiro atoms. The molecule has 0 unspecified atom stereocenters. The summed E-state index contributed by atoms with van der Waals surface area (Å²) in [6.45, 7) is 4.08. The van der Waals surface area contributed by atoms with E-state index < -0.39 is 16.0 Å². The standard InChI is InChI=1S/C25H25ClN2O7S/c1-5-34-22-14-18(8-11-21(22)32-3)25(29)28-27-15-17-12-20(26)24(23(13-17)33-4)35-36(30,31)19-9-6-16(2)7-10-19/h6-15H,5H2,1-4H3,(H,28,29)/b27-15+. The van der Waals surface area contributed by atoms with Crippen LogP contribution < -0.4 is 23.8 Å². The number of hydrogen-bond donors (Lipinski definition) is 1. The Morgan fingerprint density at radius 1 is 1.00 bits per heavy atom. The van der Waals surface area contributed by atoms with Crippen LogP contribution >= 0.6 is 11.6 Å². The molecule has 0 bridgehead atoms. The summed E-state index contributed by atoms with van der Waals surface area (Å²) in [4.78, 5) is 12.5. The molecule has 0 saturated carbocycles. The van der Waals surface area contributed by atoms with Gasteiger partial charge in [-0.1, -0.05) is 29.3 Å². The summed E-state index contributed by atoms with van der Waals surface area (Å²) in [6.07, 6.45) is 1.33. The Morgan fingerprint density at radius 2 is 1.69 bits per heavy atom. The Bertz CT molecular complexity index is 1370. The van der Waals surface area contributed by atoms with Crippen LogP contribution in [-0.4, -0.2) is 41.4 Å². The Balaban J connectivity index is 1.77. The lowest BCUT2D eigenvalue weighted by Gasteiger charge is -2.13. The van der Waals surface area contributed by atoms with Gasteiger partial charge in [0.15, 0.2) is 17.2 Å². The van der Waals surface area contributed by atoms with Crippen molar-refractivity contribution < 1.29 is 31.6 Å². The maximum Gasteiger partial charge on any atom is 0.339 e. The number of rotatable bonds is 10. The second kappa shape index (κ2) is 11.8. The lowest BCUT2D eigenvalue weighted by molar-refractivity contribution is 0.0954. The van der Waals surface area contributed by atoms with Crippen molar-refractivity contribution in [2.24, 2.45) is 5.10 Å². The normalized spacial score (nSPS) is 11.2.